The summed E-state index contributed by atoms with van der Waals surface area (Å²) >= 11 is 0. The van der Waals surface area contributed by atoms with Crippen LogP contribution in [0.2, 0.25) is 0 Å². The second-order valence-electron chi connectivity index (χ2n) is 0.604. The fraction of sp³-hybridized carbons (Fsp3) is 0.667. The quantitative estimate of drug-likeness (QED) is 0.364. The van der Waals surface area contributed by atoms with Crippen molar-refractivity contribution >= 4 is 6.72 Å². The predicted molar refractivity (Wildman–Crippen MR) is 18.6 cm³/mol. The van der Waals surface area contributed by atoms with E-state index in [1.807, 2.05) is 6.92 Å². The molecular weight excluding hydrogens is 50.0 g/mol. The van der Waals surface area contributed by atoms with Crippen molar-refractivity contribution in [2.75, 3.05) is 6.54 Å². The second kappa shape index (κ2) is 2.67. The molecule has 0 aromatic heterocycles. The zero-order valence-corrected chi connectivity index (χ0v) is 2.91. The molecule has 0 saturated heterocycles. The first-order valence-corrected chi connectivity index (χ1v) is 1.41. The van der Waals surface area contributed by atoms with Crippen molar-refractivity contribution in [3.05, 3.63) is 0 Å². The maximum atomic E-state index is 3.35. The van der Waals surface area contributed by atoms with Gasteiger partial charge in [-0.05, 0) is 6.92 Å². The van der Waals surface area contributed by atoms with Crippen LogP contribution in [0.25, 0.3) is 0 Å². The van der Waals surface area contributed by atoms with Crippen LogP contribution >= 0.6 is 0 Å². The lowest BCUT2D eigenvalue weighted by Gasteiger charge is -1.54. The highest BCUT2D eigenvalue weighted by Crippen LogP contribution is 1.15. The van der Waals surface area contributed by atoms with Crippen LogP contribution in [0.1, 0.15) is 6.92 Å². The van der Waals surface area contributed by atoms with E-state index in [0.29, 0.717) is 0 Å². The largest absolute Gasteiger partial charge is 0.255 e. The van der Waals surface area contributed by atoms with Crippen molar-refractivity contribution < 1.29 is 4.99 Å². The molecular formula is C3H8N+. The molecule has 0 unspecified atom stereocenters. The molecule has 4 heavy (non-hydrogen) atoms. The van der Waals surface area contributed by atoms with E-state index in [2.05, 4.69) is 11.7 Å². The van der Waals surface area contributed by atoms with Crippen molar-refractivity contribution in [3.8, 4) is 0 Å². The third-order valence-corrected chi connectivity index (χ3v) is 0.250. The fourth-order valence-corrected chi connectivity index (χ4v) is 0. The van der Waals surface area contributed by atoms with Gasteiger partial charge in [0.15, 0.2) is 0 Å². The van der Waals surface area contributed by atoms with Crippen LogP contribution < -0.4 is 4.99 Å². The van der Waals surface area contributed by atoms with E-state index in [1.165, 1.54) is 0 Å². The van der Waals surface area contributed by atoms with E-state index in [-0.39, 0.29) is 0 Å². The lowest BCUT2D eigenvalue weighted by atomic mass is 10.8. The van der Waals surface area contributed by atoms with Crippen LogP contribution in [0.4, 0.5) is 0 Å². The van der Waals surface area contributed by atoms with Gasteiger partial charge in [0, 0.05) is 0 Å². The summed E-state index contributed by atoms with van der Waals surface area (Å²) in [6.07, 6.45) is 0. The van der Waals surface area contributed by atoms with E-state index in [9.17, 15) is 0 Å². The average molecular weight is 58.1 g/mol. The monoisotopic (exact) mass is 58.1 g/mol. The highest BCUT2D eigenvalue weighted by molar-refractivity contribution is 5.12. The zero-order chi connectivity index (χ0) is 3.41. The number of nitrogens with one attached hydrogen (secondary N) is 1. The molecule has 0 amide bonds. The first-order chi connectivity index (χ1) is 1.91. The fourth-order valence-electron chi connectivity index (χ4n) is 0. The molecule has 0 rings (SSSR count). The van der Waals surface area contributed by atoms with Crippen molar-refractivity contribution in [1.29, 1.82) is 0 Å². The summed E-state index contributed by atoms with van der Waals surface area (Å²) in [4.78, 5) is 2.68. The molecule has 24 valence electrons. The van der Waals surface area contributed by atoms with E-state index in [4.69, 9.17) is 0 Å². The SMILES string of the molecule is C=[NH+]CC. The summed E-state index contributed by atoms with van der Waals surface area (Å²) < 4.78 is 0. The molecule has 0 radical (unpaired) electrons. The van der Waals surface area contributed by atoms with Gasteiger partial charge in [-0.1, -0.05) is 0 Å². The number of hydrogen-bond acceptors (Lipinski definition) is 0. The molecule has 0 fully saturated rings. The van der Waals surface area contributed by atoms with E-state index >= 15 is 0 Å². The van der Waals surface area contributed by atoms with E-state index in [0.717, 1.165) is 6.54 Å². The molecule has 0 heterocycles. The molecule has 0 aliphatic carbocycles. The summed E-state index contributed by atoms with van der Waals surface area (Å²) in [5.41, 5.74) is 0. The second-order valence-corrected chi connectivity index (χ2v) is 0.604. The molecule has 0 aromatic carbocycles. The summed E-state index contributed by atoms with van der Waals surface area (Å²) in [6.45, 7) is 6.32. The van der Waals surface area contributed by atoms with Crippen molar-refractivity contribution in [2.45, 2.75) is 6.92 Å². The van der Waals surface area contributed by atoms with Gasteiger partial charge in [-0.25, -0.2) is 0 Å². The molecule has 0 aromatic rings. The third kappa shape index (κ3) is 1.67. The molecule has 0 bridgehead atoms. The maximum Gasteiger partial charge on any atom is 0.137 e. The minimum atomic E-state index is 0.958. The molecule has 0 aliphatic heterocycles. The minimum absolute atomic E-state index is 0.958. The van der Waals surface area contributed by atoms with Crippen molar-refractivity contribution in [3.63, 3.8) is 0 Å². The summed E-state index contributed by atoms with van der Waals surface area (Å²) in [5.74, 6) is 0. The molecule has 0 saturated carbocycles. The first-order valence-electron chi connectivity index (χ1n) is 1.41. The predicted octanol–water partition coefficient (Wildman–Crippen LogP) is -1.21. The normalized spacial score (nSPS) is 6.25. The van der Waals surface area contributed by atoms with E-state index in [1.54, 1.807) is 0 Å². The Morgan fingerprint density at radius 2 is 2.25 bits per heavy atom. The minimum Gasteiger partial charge on any atom is -0.255 e. The molecule has 0 atom stereocenters. The number of rotatable bonds is 1. The summed E-state index contributed by atoms with van der Waals surface area (Å²) in [7, 11) is 0. The molecule has 0 spiro atoms. The lowest BCUT2D eigenvalue weighted by molar-refractivity contribution is -0.442. The Bertz CT molecular complexity index is 17.2. The highest BCUT2D eigenvalue weighted by atomic mass is 14.6. The van der Waals surface area contributed by atoms with Gasteiger partial charge in [0.1, 0.15) is 13.3 Å². The van der Waals surface area contributed by atoms with E-state index < -0.39 is 0 Å². The Labute approximate surface area is 26.4 Å². The van der Waals surface area contributed by atoms with Crippen LogP contribution in [-0.4, -0.2) is 13.3 Å². The van der Waals surface area contributed by atoms with Gasteiger partial charge in [0.2, 0.25) is 0 Å². The van der Waals surface area contributed by atoms with Gasteiger partial charge in [-0.15, -0.1) is 0 Å². The molecule has 1 heteroatoms. The Morgan fingerprint density at radius 1 is 2.00 bits per heavy atom. The number of hydrogen-bond donors (Lipinski definition) is 1. The smallest absolute Gasteiger partial charge is 0.137 e. The van der Waals surface area contributed by atoms with Gasteiger partial charge in [-0.2, -0.15) is 0 Å². The van der Waals surface area contributed by atoms with Gasteiger partial charge < -0.3 is 0 Å². The average Bonchev–Trinajstić information content (AvgIpc) is 1.37. The zero-order valence-electron chi connectivity index (χ0n) is 2.91. The van der Waals surface area contributed by atoms with Gasteiger partial charge >= 0.3 is 0 Å². The maximum absolute atomic E-state index is 3.35. The standard InChI is InChI=1S/C3H7N/c1-3-4-2/h2-3H2,1H3/p+1. The molecule has 1 nitrogen and oxygen atoms in total. The van der Waals surface area contributed by atoms with Crippen molar-refractivity contribution in [2.24, 2.45) is 0 Å². The van der Waals surface area contributed by atoms with Crippen LogP contribution in [0.3, 0.4) is 0 Å². The van der Waals surface area contributed by atoms with Gasteiger partial charge in [-0.3, -0.25) is 4.99 Å². The summed E-state index contributed by atoms with van der Waals surface area (Å²) in [5, 5.41) is 0. The molecule has 0 aliphatic rings. The third-order valence-electron chi connectivity index (χ3n) is 0.250. The first kappa shape index (κ1) is 3.67. The van der Waals surface area contributed by atoms with Crippen LogP contribution in [0.15, 0.2) is 0 Å². The Balaban J connectivity index is 2.30. The Morgan fingerprint density at radius 3 is 2.25 bits per heavy atom. The molecule has 1 N–H and O–H groups in total. The lowest BCUT2D eigenvalue weighted by Crippen LogP contribution is -2.64. The van der Waals surface area contributed by atoms with Gasteiger partial charge in [0.25, 0.3) is 0 Å². The highest BCUT2D eigenvalue weighted by Gasteiger charge is 1.51. The van der Waals surface area contributed by atoms with Crippen LogP contribution in [0.5, 0.6) is 0 Å². The topological polar surface area (TPSA) is 14.0 Å². The Kier molecular flexibility index (Phi) is 2.45. The van der Waals surface area contributed by atoms with Gasteiger partial charge in [0.05, 0.1) is 0 Å². The van der Waals surface area contributed by atoms with Crippen LogP contribution in [0, 0.1) is 0 Å². The van der Waals surface area contributed by atoms with Crippen molar-refractivity contribution in [1.82, 2.24) is 0 Å². The Hall–Kier alpha value is -0.330. The summed E-state index contributed by atoms with van der Waals surface area (Å²) in [6, 6.07) is 0. The van der Waals surface area contributed by atoms with Crippen LogP contribution in [-0.2, 0) is 0 Å².